The van der Waals surface area contributed by atoms with Crippen LogP contribution >= 0.6 is 0 Å². The molecule has 0 aliphatic heterocycles. The number of ether oxygens (including phenoxy) is 1. The minimum Gasteiger partial charge on any atom is -0.481 e. The molecule has 1 aromatic heterocycles. The number of carboxylic acids is 1. The number of benzene rings is 2. The van der Waals surface area contributed by atoms with Crippen molar-refractivity contribution in [1.29, 1.82) is 0 Å². The molecule has 152 valence electrons. The number of hydrogen-bond acceptors (Lipinski definition) is 3. The summed E-state index contributed by atoms with van der Waals surface area (Å²) < 4.78 is 43.2. The van der Waals surface area contributed by atoms with Crippen molar-refractivity contribution in [1.82, 2.24) is 4.57 Å². The third kappa shape index (κ3) is 4.50. The lowest BCUT2D eigenvalue weighted by Gasteiger charge is -2.14. The molecule has 2 aromatic carbocycles. The van der Waals surface area contributed by atoms with Crippen molar-refractivity contribution in [2.75, 3.05) is 0 Å². The minimum atomic E-state index is -4.86. The lowest BCUT2D eigenvalue weighted by Crippen LogP contribution is -2.17. The lowest BCUT2D eigenvalue weighted by atomic mass is 9.97. The van der Waals surface area contributed by atoms with Gasteiger partial charge in [0.25, 0.3) is 5.91 Å². The quantitative estimate of drug-likeness (QED) is 0.641. The number of alkyl halides is 3. The van der Waals surface area contributed by atoms with E-state index in [2.05, 4.69) is 4.74 Å². The van der Waals surface area contributed by atoms with Crippen LogP contribution in [0, 0.1) is 0 Å². The summed E-state index contributed by atoms with van der Waals surface area (Å²) in [4.78, 5) is 22.9. The summed E-state index contributed by atoms with van der Waals surface area (Å²) in [7, 11) is 0. The van der Waals surface area contributed by atoms with Crippen molar-refractivity contribution in [2.45, 2.75) is 25.6 Å². The largest absolute Gasteiger partial charge is 0.573 e. The van der Waals surface area contributed by atoms with E-state index in [-0.39, 0.29) is 18.0 Å². The molecule has 0 aliphatic carbocycles. The molecule has 0 bridgehead atoms. The summed E-state index contributed by atoms with van der Waals surface area (Å²) in [6.07, 6.45) is -4.95. The highest BCUT2D eigenvalue weighted by atomic mass is 19.4. The number of primary amides is 1. The molecule has 6 nitrogen and oxygen atoms in total. The van der Waals surface area contributed by atoms with E-state index in [0.717, 1.165) is 6.07 Å². The topological polar surface area (TPSA) is 94.5 Å². The maximum atomic E-state index is 12.6. The first-order chi connectivity index (χ1) is 13.5. The molecular formula is C20H17F3N2O4. The molecule has 0 spiro atoms. The molecule has 0 saturated carbocycles. The van der Waals surface area contributed by atoms with E-state index in [1.807, 2.05) is 0 Å². The maximum absolute atomic E-state index is 12.6. The van der Waals surface area contributed by atoms with Crippen LogP contribution in [-0.4, -0.2) is 27.9 Å². The molecule has 9 heteroatoms. The lowest BCUT2D eigenvalue weighted by molar-refractivity contribution is -0.274. The van der Waals surface area contributed by atoms with Gasteiger partial charge < -0.3 is 20.1 Å². The van der Waals surface area contributed by atoms with Crippen molar-refractivity contribution >= 4 is 22.8 Å². The Morgan fingerprint density at radius 3 is 2.52 bits per heavy atom. The van der Waals surface area contributed by atoms with E-state index in [4.69, 9.17) is 10.8 Å². The average molecular weight is 406 g/mol. The fourth-order valence-electron chi connectivity index (χ4n) is 3.19. The van der Waals surface area contributed by atoms with Crippen LogP contribution in [0.3, 0.4) is 0 Å². The molecule has 29 heavy (non-hydrogen) atoms. The van der Waals surface area contributed by atoms with Crippen LogP contribution in [0.15, 0.2) is 48.5 Å². The number of hydrogen-bond donors (Lipinski definition) is 2. The smallest absolute Gasteiger partial charge is 0.481 e. The molecular weight excluding hydrogens is 389 g/mol. The third-order valence-corrected chi connectivity index (χ3v) is 4.44. The van der Waals surface area contributed by atoms with Gasteiger partial charge in [0.15, 0.2) is 0 Å². The van der Waals surface area contributed by atoms with Gasteiger partial charge in [-0.05, 0) is 41.8 Å². The third-order valence-electron chi connectivity index (χ3n) is 4.44. The number of rotatable bonds is 6. The normalized spacial score (nSPS) is 12.7. The standard InChI is InChI=1S/C20H17F3N2O4/c1-11(7-18(26)27)12-3-2-4-14(8-12)25-16-10-15(29-20(21,22)23)6-5-13(16)9-17(25)19(24)28/h2-6,8-11H,7H2,1H3,(H2,24,28)(H,26,27). The Morgan fingerprint density at radius 2 is 1.90 bits per heavy atom. The highest BCUT2D eigenvalue weighted by Gasteiger charge is 2.31. The molecule has 1 unspecified atom stereocenters. The molecule has 1 atom stereocenters. The number of carbonyl (C=O) groups excluding carboxylic acids is 1. The fraction of sp³-hybridized carbons (Fsp3) is 0.200. The van der Waals surface area contributed by atoms with Gasteiger partial charge >= 0.3 is 12.3 Å². The minimum absolute atomic E-state index is 0.0761. The Labute approximate surface area is 163 Å². The van der Waals surface area contributed by atoms with E-state index in [9.17, 15) is 22.8 Å². The molecule has 1 heterocycles. The summed E-state index contributed by atoms with van der Waals surface area (Å²) in [5, 5.41) is 9.51. The molecule has 0 saturated heterocycles. The van der Waals surface area contributed by atoms with E-state index < -0.39 is 24.0 Å². The molecule has 3 aromatic rings. The molecule has 0 aliphatic rings. The van der Waals surface area contributed by atoms with Crippen LogP contribution in [0.4, 0.5) is 13.2 Å². The van der Waals surface area contributed by atoms with Gasteiger partial charge in [-0.1, -0.05) is 19.1 Å². The van der Waals surface area contributed by atoms with Crippen LogP contribution < -0.4 is 10.5 Å². The number of aromatic nitrogens is 1. The van der Waals surface area contributed by atoms with Crippen LogP contribution in [0.1, 0.15) is 35.3 Å². The number of nitrogens with two attached hydrogens (primary N) is 1. The van der Waals surface area contributed by atoms with Gasteiger partial charge in [0.05, 0.1) is 11.9 Å². The van der Waals surface area contributed by atoms with Crippen molar-refractivity contribution < 1.29 is 32.6 Å². The van der Waals surface area contributed by atoms with Gasteiger partial charge in [-0.3, -0.25) is 9.59 Å². The van der Waals surface area contributed by atoms with Crippen LogP contribution in [0.25, 0.3) is 16.6 Å². The van der Waals surface area contributed by atoms with E-state index in [1.54, 1.807) is 31.2 Å². The van der Waals surface area contributed by atoms with Crippen molar-refractivity contribution in [3.05, 3.63) is 59.8 Å². The molecule has 3 rings (SSSR count). The second kappa shape index (κ2) is 7.50. The summed E-state index contributed by atoms with van der Waals surface area (Å²) in [5.74, 6) is -2.46. The summed E-state index contributed by atoms with van der Waals surface area (Å²) in [6, 6.07) is 11.9. The second-order valence-corrected chi connectivity index (χ2v) is 6.59. The molecule has 0 radical (unpaired) electrons. The SMILES string of the molecule is CC(CC(=O)O)c1cccc(-n2c(C(N)=O)cc3ccc(OC(F)(F)F)cc32)c1. The molecule has 1 amide bonds. The summed E-state index contributed by atoms with van der Waals surface area (Å²) in [6.45, 7) is 1.74. The predicted octanol–water partition coefficient (Wildman–Crippen LogP) is 4.21. The first kappa shape index (κ1) is 20.2. The van der Waals surface area contributed by atoms with Crippen molar-refractivity contribution in [3.8, 4) is 11.4 Å². The van der Waals surface area contributed by atoms with Gasteiger partial charge in [0.2, 0.25) is 0 Å². The summed E-state index contributed by atoms with van der Waals surface area (Å²) >= 11 is 0. The number of aliphatic carboxylic acids is 1. The molecule has 0 fully saturated rings. The highest BCUT2D eigenvalue weighted by Crippen LogP contribution is 2.31. The Hall–Kier alpha value is -3.49. The fourth-order valence-corrected chi connectivity index (χ4v) is 3.19. The monoisotopic (exact) mass is 406 g/mol. The maximum Gasteiger partial charge on any atom is 0.573 e. The van der Waals surface area contributed by atoms with E-state index in [1.165, 1.54) is 22.8 Å². The van der Waals surface area contributed by atoms with Crippen LogP contribution in [0.2, 0.25) is 0 Å². The Morgan fingerprint density at radius 1 is 1.17 bits per heavy atom. The number of carbonyl (C=O) groups is 2. The Balaban J connectivity index is 2.16. The van der Waals surface area contributed by atoms with Gasteiger partial charge in [0.1, 0.15) is 11.4 Å². The number of nitrogens with zero attached hydrogens (tertiary/aromatic N) is 1. The highest BCUT2D eigenvalue weighted by molar-refractivity contribution is 5.99. The zero-order valence-corrected chi connectivity index (χ0v) is 15.2. The second-order valence-electron chi connectivity index (χ2n) is 6.59. The Kier molecular flexibility index (Phi) is 5.23. The average Bonchev–Trinajstić information content (AvgIpc) is 2.99. The van der Waals surface area contributed by atoms with Gasteiger partial charge in [-0.25, -0.2) is 0 Å². The number of carboxylic acid groups (broad SMARTS) is 1. The van der Waals surface area contributed by atoms with Crippen molar-refractivity contribution in [3.63, 3.8) is 0 Å². The number of halogens is 3. The van der Waals surface area contributed by atoms with E-state index >= 15 is 0 Å². The number of amides is 1. The zero-order chi connectivity index (χ0) is 21.3. The molecule has 3 N–H and O–H groups in total. The predicted molar refractivity (Wildman–Crippen MR) is 99.1 cm³/mol. The number of fused-ring (bicyclic) bond motifs is 1. The van der Waals surface area contributed by atoms with Crippen LogP contribution in [0.5, 0.6) is 5.75 Å². The van der Waals surface area contributed by atoms with Gasteiger partial charge in [-0.15, -0.1) is 13.2 Å². The first-order valence-electron chi connectivity index (χ1n) is 8.58. The zero-order valence-electron chi connectivity index (χ0n) is 15.2. The van der Waals surface area contributed by atoms with Crippen LogP contribution in [-0.2, 0) is 4.79 Å². The first-order valence-corrected chi connectivity index (χ1v) is 8.58. The Bertz CT molecular complexity index is 1090. The van der Waals surface area contributed by atoms with Crippen molar-refractivity contribution in [2.24, 2.45) is 5.73 Å². The van der Waals surface area contributed by atoms with Gasteiger partial charge in [-0.2, -0.15) is 0 Å². The van der Waals surface area contributed by atoms with Gasteiger partial charge in [0, 0.05) is 17.1 Å². The summed E-state index contributed by atoms with van der Waals surface area (Å²) in [5.41, 5.74) is 7.01. The van der Waals surface area contributed by atoms with E-state index in [0.29, 0.717) is 22.2 Å².